The number of likely N-dealkylation sites (tertiary alicyclic amines) is 2. The number of nitrogens with zero attached hydrogens (tertiary/aromatic N) is 2. The molecule has 4 rings (SSSR count). The van der Waals surface area contributed by atoms with E-state index in [0.717, 1.165) is 25.1 Å². The number of hydrogen-bond acceptors (Lipinski definition) is 10. The van der Waals surface area contributed by atoms with Crippen LogP contribution in [0, 0.1) is 11.8 Å². The second-order valence-corrected chi connectivity index (χ2v) is 15.0. The molecular weight excluding hydrogens is 616 g/mol. The van der Waals surface area contributed by atoms with Crippen molar-refractivity contribution in [1.29, 1.82) is 0 Å². The quantitative estimate of drug-likeness (QED) is 0.127. The van der Waals surface area contributed by atoms with E-state index in [-0.39, 0.29) is 49.0 Å². The van der Waals surface area contributed by atoms with Crippen LogP contribution in [-0.2, 0) is 23.7 Å². The first-order chi connectivity index (χ1) is 22.6. The smallest absolute Gasteiger partial charge is 0.410 e. The Morgan fingerprint density at radius 2 is 1.98 bits per heavy atom. The van der Waals surface area contributed by atoms with Crippen LogP contribution in [0.1, 0.15) is 87.0 Å². The first-order valence-corrected chi connectivity index (χ1v) is 17.9. The molecule has 3 saturated heterocycles. The highest BCUT2D eigenvalue weighted by Crippen LogP contribution is 2.38. The van der Waals surface area contributed by atoms with E-state index in [4.69, 9.17) is 18.9 Å². The molecule has 0 aliphatic carbocycles. The highest BCUT2D eigenvalue weighted by atomic mass is 16.6. The molecule has 2 bridgehead atoms. The second kappa shape index (κ2) is 16.2. The van der Waals surface area contributed by atoms with Gasteiger partial charge in [-0.25, -0.2) is 4.79 Å². The van der Waals surface area contributed by atoms with E-state index in [1.54, 1.807) is 26.2 Å². The SMILES string of the molecule is CCC(O)C(C)C1OC1CC(C)(O)/C=C/C=C(\C)C1OC(=O)CC(O)CCC(C)(OC)C(OC(=O)N2C[C@@H]3C[C@H]2CN3CC)/C=C\C1C. The van der Waals surface area contributed by atoms with Gasteiger partial charge in [-0.1, -0.05) is 52.0 Å². The van der Waals surface area contributed by atoms with Crippen molar-refractivity contribution >= 4 is 12.1 Å². The molecule has 272 valence electrons. The Bertz CT molecular complexity index is 1200. The fourth-order valence-electron chi connectivity index (χ4n) is 7.55. The lowest BCUT2D eigenvalue weighted by atomic mass is 9.88. The fourth-order valence-corrected chi connectivity index (χ4v) is 7.55. The zero-order valence-electron chi connectivity index (χ0n) is 30.2. The number of rotatable bonds is 11. The molecule has 48 heavy (non-hydrogen) atoms. The van der Waals surface area contributed by atoms with Crippen LogP contribution >= 0.6 is 0 Å². The van der Waals surface area contributed by atoms with Crippen LogP contribution in [0.25, 0.3) is 0 Å². The molecule has 4 aliphatic heterocycles. The molecule has 4 heterocycles. The van der Waals surface area contributed by atoms with E-state index in [0.29, 0.717) is 31.8 Å². The topological polar surface area (TPSA) is 142 Å². The van der Waals surface area contributed by atoms with Crippen molar-refractivity contribution in [3.63, 3.8) is 0 Å². The Morgan fingerprint density at radius 3 is 2.60 bits per heavy atom. The first kappa shape index (κ1) is 38.5. The van der Waals surface area contributed by atoms with Crippen molar-refractivity contribution < 1.29 is 43.9 Å². The maximum absolute atomic E-state index is 13.5. The van der Waals surface area contributed by atoms with E-state index in [2.05, 4.69) is 11.8 Å². The minimum atomic E-state index is -1.14. The van der Waals surface area contributed by atoms with Gasteiger partial charge in [-0.3, -0.25) is 9.69 Å². The molecule has 10 unspecified atom stereocenters. The van der Waals surface area contributed by atoms with Crippen LogP contribution in [0.2, 0.25) is 0 Å². The van der Waals surface area contributed by atoms with Crippen LogP contribution in [0.5, 0.6) is 0 Å². The zero-order chi connectivity index (χ0) is 35.4. The van der Waals surface area contributed by atoms with Crippen LogP contribution in [0.3, 0.4) is 0 Å². The van der Waals surface area contributed by atoms with Gasteiger partial charge in [-0.2, -0.15) is 0 Å². The van der Waals surface area contributed by atoms with Crippen LogP contribution in [0.4, 0.5) is 4.79 Å². The summed E-state index contributed by atoms with van der Waals surface area (Å²) in [5.41, 5.74) is -1.33. The molecule has 3 N–H and O–H groups in total. The number of likely N-dealkylation sites (N-methyl/N-ethyl adjacent to an activating group) is 1. The summed E-state index contributed by atoms with van der Waals surface area (Å²) in [6.45, 7) is 15.9. The van der Waals surface area contributed by atoms with Crippen molar-refractivity contribution in [3.8, 4) is 0 Å². The number of amides is 1. The van der Waals surface area contributed by atoms with Crippen LogP contribution in [0.15, 0.2) is 36.0 Å². The van der Waals surface area contributed by atoms with Crippen molar-refractivity contribution in [3.05, 3.63) is 36.0 Å². The maximum atomic E-state index is 13.5. The summed E-state index contributed by atoms with van der Waals surface area (Å²) in [7, 11) is 1.57. The number of esters is 1. The number of allylic oxidation sites excluding steroid dienone is 2. The standard InChI is InChI=1S/C37H60N2O9/c1-9-29(41)25(5)34-30(46-34)20-36(6,44)16-11-12-23(3)33-24(4)13-14-31(37(7,45-8)17-15-28(40)19-32(42)48-33)47-35(43)39-22-26-18-27(39)21-38(26)10-2/h11-14,16,24-31,33-34,40-41,44H,9-10,15,17-22H2,1-8H3/b14-13-,16-11+,23-12+/t24?,25?,26-,27-,28?,29?,30?,31?,33?,34?,36?,37?/m0/s1. The Morgan fingerprint density at radius 1 is 1.25 bits per heavy atom. The van der Waals surface area contributed by atoms with Crippen molar-refractivity contribution in [2.24, 2.45) is 11.8 Å². The third-order valence-electron chi connectivity index (χ3n) is 11.0. The summed E-state index contributed by atoms with van der Waals surface area (Å²) in [4.78, 5) is 30.7. The third kappa shape index (κ3) is 9.48. The van der Waals surface area contributed by atoms with Gasteiger partial charge in [0, 0.05) is 50.5 Å². The largest absolute Gasteiger partial charge is 0.457 e. The predicted octanol–water partition coefficient (Wildman–Crippen LogP) is 4.14. The number of fused-ring (bicyclic) bond motifs is 2. The summed E-state index contributed by atoms with van der Waals surface area (Å²) < 4.78 is 23.8. The highest BCUT2D eigenvalue weighted by Gasteiger charge is 2.48. The van der Waals surface area contributed by atoms with Gasteiger partial charge < -0.3 is 39.2 Å². The van der Waals surface area contributed by atoms with E-state index in [1.165, 1.54) is 0 Å². The highest BCUT2D eigenvalue weighted by molar-refractivity contribution is 5.71. The van der Waals surface area contributed by atoms with E-state index in [9.17, 15) is 24.9 Å². The third-order valence-corrected chi connectivity index (χ3v) is 11.0. The Hall–Kier alpha value is -2.28. The molecule has 0 aromatic heterocycles. The lowest BCUT2D eigenvalue weighted by molar-refractivity contribution is -0.151. The van der Waals surface area contributed by atoms with Crippen molar-refractivity contribution in [1.82, 2.24) is 9.80 Å². The minimum absolute atomic E-state index is 0.00212. The monoisotopic (exact) mass is 676 g/mol. The summed E-state index contributed by atoms with van der Waals surface area (Å²) in [6.07, 6.45) is 8.07. The number of hydrogen-bond donors (Lipinski definition) is 3. The molecule has 0 spiro atoms. The van der Waals surface area contributed by atoms with Gasteiger partial charge in [0.1, 0.15) is 11.7 Å². The molecule has 0 aromatic carbocycles. The van der Waals surface area contributed by atoms with E-state index >= 15 is 0 Å². The molecule has 4 aliphatic rings. The normalized spacial score (nSPS) is 38.1. The van der Waals surface area contributed by atoms with Crippen LogP contribution < -0.4 is 0 Å². The van der Waals surface area contributed by atoms with E-state index in [1.807, 2.05) is 57.7 Å². The van der Waals surface area contributed by atoms with Gasteiger partial charge in [0.2, 0.25) is 0 Å². The number of carbonyl (C=O) groups is 2. The molecule has 11 heteroatoms. The molecule has 3 fully saturated rings. The van der Waals surface area contributed by atoms with Crippen molar-refractivity contribution in [2.45, 2.75) is 147 Å². The van der Waals surface area contributed by atoms with Gasteiger partial charge in [0.05, 0.1) is 36.4 Å². The number of aliphatic hydroxyl groups excluding tert-OH is 2. The number of piperazine rings is 1. The molecule has 0 radical (unpaired) electrons. The molecule has 1 amide bonds. The summed E-state index contributed by atoms with van der Waals surface area (Å²) in [6, 6.07) is 0.488. The number of aliphatic hydroxyl groups is 3. The summed E-state index contributed by atoms with van der Waals surface area (Å²) in [5, 5.41) is 32.0. The lowest BCUT2D eigenvalue weighted by Crippen LogP contribution is -2.51. The van der Waals surface area contributed by atoms with Gasteiger partial charge in [0.25, 0.3) is 0 Å². The first-order valence-electron chi connectivity index (χ1n) is 17.9. The van der Waals surface area contributed by atoms with Gasteiger partial charge >= 0.3 is 12.1 Å². The van der Waals surface area contributed by atoms with Gasteiger partial charge in [-0.15, -0.1) is 0 Å². The average molecular weight is 677 g/mol. The lowest BCUT2D eigenvalue weighted by Gasteiger charge is -2.38. The average Bonchev–Trinajstić information content (AvgIpc) is 3.48. The molecule has 12 atom stereocenters. The number of epoxide rings is 1. The number of methoxy groups -OCH3 is 1. The molecular formula is C37H60N2O9. The molecule has 11 nitrogen and oxygen atoms in total. The second-order valence-electron chi connectivity index (χ2n) is 15.0. The van der Waals surface area contributed by atoms with Gasteiger partial charge in [0.15, 0.2) is 6.10 Å². The predicted molar refractivity (Wildman–Crippen MR) is 182 cm³/mol. The van der Waals surface area contributed by atoms with Crippen molar-refractivity contribution in [2.75, 3.05) is 26.7 Å². The van der Waals surface area contributed by atoms with Gasteiger partial charge in [-0.05, 0) is 64.6 Å². The number of ether oxygens (including phenoxy) is 4. The maximum Gasteiger partial charge on any atom is 0.410 e. The number of cyclic esters (lactones) is 1. The Labute approximate surface area is 286 Å². The summed E-state index contributed by atoms with van der Waals surface area (Å²) in [5.74, 6) is -0.826. The van der Waals surface area contributed by atoms with E-state index < -0.39 is 41.6 Å². The zero-order valence-corrected chi connectivity index (χ0v) is 30.2. The molecule has 0 aromatic rings. The molecule has 0 saturated carbocycles. The Kier molecular flexibility index (Phi) is 13.0. The fraction of sp³-hybridized carbons (Fsp3) is 0.784. The minimum Gasteiger partial charge on any atom is -0.457 e. The number of carbonyl (C=O) groups excluding carboxylic acids is 2. The van der Waals surface area contributed by atoms with Crippen LogP contribution in [-0.4, -0.2) is 124 Å². The summed E-state index contributed by atoms with van der Waals surface area (Å²) >= 11 is 0. The Balaban J connectivity index is 1.48.